The Kier molecular flexibility index (Phi) is 6.16. The molecule has 172 valence electrons. The quantitative estimate of drug-likeness (QED) is 0.751. The van der Waals surface area contributed by atoms with Crippen molar-refractivity contribution in [3.8, 4) is 11.1 Å². The number of benzene rings is 2. The summed E-state index contributed by atoms with van der Waals surface area (Å²) in [5.74, 6) is 0.747. The Morgan fingerprint density at radius 3 is 2.06 bits per heavy atom. The average molecular weight is 446 g/mol. The van der Waals surface area contributed by atoms with Gasteiger partial charge in [0.25, 0.3) is 5.91 Å². The highest BCUT2D eigenvalue weighted by Gasteiger charge is 2.35. The number of nitrogens with one attached hydrogen (secondary N) is 1. The lowest BCUT2D eigenvalue weighted by atomic mass is 10.0. The minimum Gasteiger partial charge on any atom is -0.339 e. The fourth-order valence-electron chi connectivity index (χ4n) is 4.92. The molecular formula is C27H31N3O3. The molecule has 2 aliphatic carbocycles. The first-order valence-corrected chi connectivity index (χ1v) is 12.2. The van der Waals surface area contributed by atoms with Crippen molar-refractivity contribution in [3.63, 3.8) is 0 Å². The van der Waals surface area contributed by atoms with Gasteiger partial charge < -0.3 is 15.1 Å². The molecule has 3 amide bonds. The summed E-state index contributed by atoms with van der Waals surface area (Å²) in [6, 6.07) is 15.5. The highest BCUT2D eigenvalue weighted by molar-refractivity contribution is 5.95. The van der Waals surface area contributed by atoms with Gasteiger partial charge in [0.2, 0.25) is 11.8 Å². The Morgan fingerprint density at radius 1 is 0.727 bits per heavy atom. The van der Waals surface area contributed by atoms with Crippen molar-refractivity contribution in [1.82, 2.24) is 9.80 Å². The maximum atomic E-state index is 12.9. The monoisotopic (exact) mass is 445 g/mol. The van der Waals surface area contributed by atoms with Crippen molar-refractivity contribution in [3.05, 3.63) is 54.1 Å². The van der Waals surface area contributed by atoms with E-state index >= 15 is 0 Å². The van der Waals surface area contributed by atoms with Gasteiger partial charge in [0.05, 0.1) is 0 Å². The number of hydrogen-bond acceptors (Lipinski definition) is 3. The molecular weight excluding hydrogens is 414 g/mol. The summed E-state index contributed by atoms with van der Waals surface area (Å²) in [5, 5.41) is 3.06. The fraction of sp³-hybridized carbons (Fsp3) is 0.444. The lowest BCUT2D eigenvalue weighted by molar-refractivity contribution is -0.134. The second-order valence-electron chi connectivity index (χ2n) is 9.52. The zero-order valence-corrected chi connectivity index (χ0v) is 19.0. The van der Waals surface area contributed by atoms with Crippen LogP contribution in [0.25, 0.3) is 11.1 Å². The first kappa shape index (κ1) is 21.7. The van der Waals surface area contributed by atoms with E-state index in [1.54, 1.807) is 0 Å². The molecule has 0 unspecified atom stereocenters. The van der Waals surface area contributed by atoms with E-state index in [9.17, 15) is 14.4 Å². The Labute approximate surface area is 194 Å². The van der Waals surface area contributed by atoms with Crippen LogP contribution in [0.4, 0.5) is 5.69 Å². The molecule has 1 N–H and O–H groups in total. The number of nitrogens with zero attached hydrogens (tertiary/aromatic N) is 2. The molecule has 6 nitrogen and oxygen atoms in total. The van der Waals surface area contributed by atoms with Crippen LogP contribution in [0.2, 0.25) is 0 Å². The smallest absolute Gasteiger partial charge is 0.253 e. The summed E-state index contributed by atoms with van der Waals surface area (Å²) in [5.41, 5.74) is 3.48. The summed E-state index contributed by atoms with van der Waals surface area (Å²) in [4.78, 5) is 41.4. The molecule has 0 aromatic heterocycles. The van der Waals surface area contributed by atoms with Crippen LogP contribution in [0, 0.1) is 11.8 Å². The van der Waals surface area contributed by atoms with Gasteiger partial charge in [-0.15, -0.1) is 0 Å². The third-order valence-corrected chi connectivity index (χ3v) is 7.13. The molecule has 1 heterocycles. The second kappa shape index (κ2) is 9.38. The van der Waals surface area contributed by atoms with Crippen LogP contribution in [0.5, 0.6) is 0 Å². The molecule has 0 bridgehead atoms. The van der Waals surface area contributed by atoms with Gasteiger partial charge in [-0.2, -0.15) is 0 Å². The highest BCUT2D eigenvalue weighted by Crippen LogP contribution is 2.31. The zero-order chi connectivity index (χ0) is 22.8. The summed E-state index contributed by atoms with van der Waals surface area (Å²) in [7, 11) is 0. The third-order valence-electron chi connectivity index (χ3n) is 7.13. The van der Waals surface area contributed by atoms with E-state index in [1.807, 2.05) is 58.3 Å². The molecule has 2 aromatic carbocycles. The summed E-state index contributed by atoms with van der Waals surface area (Å²) < 4.78 is 0. The molecule has 1 saturated heterocycles. The normalized spacial score (nSPS) is 18.9. The van der Waals surface area contributed by atoms with Gasteiger partial charge in [-0.3, -0.25) is 14.4 Å². The molecule has 0 radical (unpaired) electrons. The van der Waals surface area contributed by atoms with E-state index in [0.29, 0.717) is 31.7 Å². The van der Waals surface area contributed by atoms with Gasteiger partial charge in [-0.25, -0.2) is 0 Å². The number of piperazine rings is 1. The van der Waals surface area contributed by atoms with Crippen LogP contribution in [0.15, 0.2) is 48.5 Å². The zero-order valence-electron chi connectivity index (χ0n) is 19.0. The topological polar surface area (TPSA) is 69.7 Å². The fourth-order valence-corrected chi connectivity index (χ4v) is 4.92. The van der Waals surface area contributed by atoms with Crippen molar-refractivity contribution in [2.45, 2.75) is 38.5 Å². The standard InChI is InChI=1S/C27H31N3O3/c31-25(20-4-1-2-5-20)28-24-7-3-6-23(18-24)19-8-10-21(11-9-19)26(32)29-14-16-30(17-15-29)27(33)22-12-13-22/h3,6-11,18,20,22H,1-2,4-5,12-17H2,(H,28,31). The maximum Gasteiger partial charge on any atom is 0.253 e. The van der Waals surface area contributed by atoms with E-state index in [2.05, 4.69) is 5.32 Å². The molecule has 2 aromatic rings. The summed E-state index contributed by atoms with van der Waals surface area (Å²) in [6.07, 6.45) is 6.26. The molecule has 1 aliphatic heterocycles. The van der Waals surface area contributed by atoms with Crippen LogP contribution in [-0.4, -0.2) is 53.7 Å². The van der Waals surface area contributed by atoms with Gasteiger partial charge in [0.15, 0.2) is 0 Å². The third kappa shape index (κ3) is 4.95. The Morgan fingerprint density at radius 2 is 1.39 bits per heavy atom. The van der Waals surface area contributed by atoms with Crippen molar-refractivity contribution in [2.75, 3.05) is 31.5 Å². The summed E-state index contributed by atoms with van der Waals surface area (Å²) >= 11 is 0. The van der Waals surface area contributed by atoms with Gasteiger partial charge >= 0.3 is 0 Å². The Hall–Kier alpha value is -3.15. The van der Waals surface area contributed by atoms with E-state index < -0.39 is 0 Å². The molecule has 2 saturated carbocycles. The van der Waals surface area contributed by atoms with Crippen molar-refractivity contribution in [2.24, 2.45) is 11.8 Å². The molecule has 0 spiro atoms. The van der Waals surface area contributed by atoms with Crippen molar-refractivity contribution >= 4 is 23.4 Å². The van der Waals surface area contributed by atoms with E-state index in [4.69, 9.17) is 0 Å². The predicted octanol–water partition coefficient (Wildman–Crippen LogP) is 4.18. The highest BCUT2D eigenvalue weighted by atomic mass is 16.2. The lowest BCUT2D eigenvalue weighted by Crippen LogP contribution is -2.51. The van der Waals surface area contributed by atoms with E-state index in [1.165, 1.54) is 0 Å². The number of hydrogen-bond donors (Lipinski definition) is 1. The minimum absolute atomic E-state index is 0.0117. The molecule has 5 rings (SSSR count). The van der Waals surface area contributed by atoms with Gasteiger partial charge in [0, 0.05) is 49.3 Å². The number of amides is 3. The minimum atomic E-state index is 0.0117. The van der Waals surface area contributed by atoms with Gasteiger partial charge in [-0.05, 0) is 61.1 Å². The number of carbonyl (C=O) groups excluding carboxylic acids is 3. The van der Waals surface area contributed by atoms with Crippen LogP contribution in [0.3, 0.4) is 0 Å². The molecule has 3 aliphatic rings. The molecule has 3 fully saturated rings. The maximum absolute atomic E-state index is 12.9. The van der Waals surface area contributed by atoms with E-state index in [-0.39, 0.29) is 29.6 Å². The number of anilines is 1. The number of rotatable bonds is 5. The second-order valence-corrected chi connectivity index (χ2v) is 9.52. The van der Waals surface area contributed by atoms with Crippen LogP contribution in [0.1, 0.15) is 48.9 Å². The molecule has 6 heteroatoms. The van der Waals surface area contributed by atoms with Gasteiger partial charge in [-0.1, -0.05) is 37.1 Å². The lowest BCUT2D eigenvalue weighted by Gasteiger charge is -2.35. The first-order valence-electron chi connectivity index (χ1n) is 12.2. The SMILES string of the molecule is O=C(Nc1cccc(-c2ccc(C(=O)N3CCN(C(=O)C4CC4)CC3)cc2)c1)C1CCCC1. The Bertz CT molecular complexity index is 1030. The predicted molar refractivity (Wildman–Crippen MR) is 128 cm³/mol. The van der Waals surface area contributed by atoms with Crippen molar-refractivity contribution < 1.29 is 14.4 Å². The Balaban J connectivity index is 1.20. The average Bonchev–Trinajstić information content (AvgIpc) is 3.56. The largest absolute Gasteiger partial charge is 0.339 e. The van der Waals surface area contributed by atoms with Crippen LogP contribution >= 0.6 is 0 Å². The van der Waals surface area contributed by atoms with Crippen LogP contribution in [-0.2, 0) is 9.59 Å². The van der Waals surface area contributed by atoms with Crippen LogP contribution < -0.4 is 5.32 Å². The number of carbonyl (C=O) groups is 3. The van der Waals surface area contributed by atoms with Gasteiger partial charge in [0.1, 0.15) is 0 Å². The summed E-state index contributed by atoms with van der Waals surface area (Å²) in [6.45, 7) is 2.42. The first-order chi connectivity index (χ1) is 16.1. The molecule has 0 atom stereocenters. The van der Waals surface area contributed by atoms with Crippen molar-refractivity contribution in [1.29, 1.82) is 0 Å². The molecule has 33 heavy (non-hydrogen) atoms. The van der Waals surface area contributed by atoms with E-state index in [0.717, 1.165) is 55.3 Å².